The number of unbranched alkanes of at least 4 members (excludes halogenated alkanes) is 9. The Bertz CT molecular complexity index is 269. The first-order valence-electron chi connectivity index (χ1n) is 11.1. The van der Waals surface area contributed by atoms with Crippen LogP contribution in [0.3, 0.4) is 0 Å². The maximum absolute atomic E-state index is 3.57. The quantitative estimate of drug-likeness (QED) is 0.200. The summed E-state index contributed by atoms with van der Waals surface area (Å²) in [6, 6.07) is 0. The molecule has 1 nitrogen and oxygen atoms in total. The van der Waals surface area contributed by atoms with Crippen molar-refractivity contribution in [3.63, 3.8) is 0 Å². The zero-order chi connectivity index (χ0) is 17.9. The highest BCUT2D eigenvalue weighted by Crippen LogP contribution is 2.14. The predicted octanol–water partition coefficient (Wildman–Crippen LogP) is 7.66. The molecule has 0 aromatic rings. The average Bonchev–Trinajstić information content (AvgIpc) is 2.58. The van der Waals surface area contributed by atoms with E-state index in [2.05, 4.69) is 39.1 Å². The summed E-state index contributed by atoms with van der Waals surface area (Å²) in [5.74, 6) is 0.937. The van der Waals surface area contributed by atoms with Crippen LogP contribution >= 0.6 is 0 Å². The van der Waals surface area contributed by atoms with Gasteiger partial charge in [0.15, 0.2) is 0 Å². The van der Waals surface area contributed by atoms with Gasteiger partial charge in [-0.05, 0) is 38.6 Å². The summed E-state index contributed by atoms with van der Waals surface area (Å²) in [5, 5.41) is 3.57. The van der Waals surface area contributed by atoms with Gasteiger partial charge < -0.3 is 5.32 Å². The Hall–Kier alpha value is -0.300. The highest BCUT2D eigenvalue weighted by Gasteiger charge is 1.98. The largest absolute Gasteiger partial charge is 0.313 e. The molecule has 0 bridgehead atoms. The summed E-state index contributed by atoms with van der Waals surface area (Å²) in [5.41, 5.74) is 1.56. The van der Waals surface area contributed by atoms with Gasteiger partial charge in [0.25, 0.3) is 0 Å². The van der Waals surface area contributed by atoms with Gasteiger partial charge in [0.1, 0.15) is 0 Å². The zero-order valence-electron chi connectivity index (χ0n) is 17.5. The van der Waals surface area contributed by atoms with Crippen LogP contribution in [-0.4, -0.2) is 13.1 Å². The third kappa shape index (κ3) is 18.0. The van der Waals surface area contributed by atoms with E-state index in [9.17, 15) is 0 Å². The normalized spacial score (nSPS) is 13.4. The Labute approximate surface area is 154 Å². The van der Waals surface area contributed by atoms with Crippen LogP contribution < -0.4 is 5.32 Å². The first-order valence-corrected chi connectivity index (χ1v) is 11.1. The fourth-order valence-electron chi connectivity index (χ4n) is 3.11. The molecular weight excluding hydrogens is 290 g/mol. The van der Waals surface area contributed by atoms with Crippen molar-refractivity contribution < 1.29 is 0 Å². The number of hydrogen-bond acceptors (Lipinski definition) is 1. The van der Waals surface area contributed by atoms with Crippen LogP contribution in [0.4, 0.5) is 0 Å². The molecule has 0 saturated heterocycles. The highest BCUT2D eigenvalue weighted by atomic mass is 14.8. The molecule has 1 N–H and O–H groups in total. The molecule has 1 atom stereocenters. The molecule has 0 rings (SSSR count). The molecule has 1 unspecified atom stereocenters. The van der Waals surface area contributed by atoms with E-state index in [4.69, 9.17) is 0 Å². The lowest BCUT2D eigenvalue weighted by molar-refractivity contribution is 0.469. The first-order chi connectivity index (χ1) is 11.7. The van der Waals surface area contributed by atoms with Gasteiger partial charge in [-0.2, -0.15) is 0 Å². The Morgan fingerprint density at radius 2 is 1.46 bits per heavy atom. The van der Waals surface area contributed by atoms with Crippen molar-refractivity contribution in [2.75, 3.05) is 13.1 Å². The molecule has 144 valence electrons. The van der Waals surface area contributed by atoms with Crippen molar-refractivity contribution in [3.05, 3.63) is 11.6 Å². The molecule has 0 aliphatic carbocycles. The molecule has 0 fully saturated rings. The van der Waals surface area contributed by atoms with Crippen LogP contribution in [0.1, 0.15) is 118 Å². The fraction of sp³-hybridized carbons (Fsp3) is 0.913. The lowest BCUT2D eigenvalue weighted by Gasteiger charge is -2.07. The summed E-state index contributed by atoms with van der Waals surface area (Å²) >= 11 is 0. The molecule has 0 heterocycles. The van der Waals surface area contributed by atoms with Crippen molar-refractivity contribution in [2.24, 2.45) is 5.92 Å². The lowest BCUT2D eigenvalue weighted by Crippen LogP contribution is -2.15. The monoisotopic (exact) mass is 337 g/mol. The van der Waals surface area contributed by atoms with E-state index in [-0.39, 0.29) is 0 Å². The molecule has 0 amide bonds. The van der Waals surface area contributed by atoms with Crippen LogP contribution in [0.25, 0.3) is 0 Å². The Morgan fingerprint density at radius 3 is 2.08 bits per heavy atom. The smallest absolute Gasteiger partial charge is 0.0137 e. The second kappa shape index (κ2) is 19.0. The number of hydrogen-bond donors (Lipinski definition) is 1. The molecule has 24 heavy (non-hydrogen) atoms. The second-order valence-corrected chi connectivity index (χ2v) is 7.84. The van der Waals surface area contributed by atoms with Crippen LogP contribution in [0.5, 0.6) is 0 Å². The van der Waals surface area contributed by atoms with Gasteiger partial charge in [-0.3, -0.25) is 0 Å². The molecule has 1 heteroatoms. The standard InChI is InChI=1S/C23H47N/c1-5-7-14-18-23(4)19-21-24-20-16-13-11-9-8-10-12-15-17-22(3)6-2/h19,22,24H,5-18,20-21H2,1-4H3/b23-19-. The van der Waals surface area contributed by atoms with E-state index in [1.54, 1.807) is 5.57 Å². The van der Waals surface area contributed by atoms with Gasteiger partial charge in [-0.1, -0.05) is 103 Å². The molecule has 0 aromatic heterocycles. The molecule has 0 radical (unpaired) electrons. The molecule has 0 spiro atoms. The Morgan fingerprint density at radius 1 is 0.833 bits per heavy atom. The number of nitrogens with one attached hydrogen (secondary N) is 1. The maximum atomic E-state index is 3.57. The van der Waals surface area contributed by atoms with E-state index in [0.29, 0.717) is 0 Å². The fourth-order valence-corrected chi connectivity index (χ4v) is 3.11. The van der Waals surface area contributed by atoms with E-state index in [1.165, 1.54) is 96.4 Å². The van der Waals surface area contributed by atoms with E-state index >= 15 is 0 Å². The summed E-state index contributed by atoms with van der Waals surface area (Å²) < 4.78 is 0. The number of rotatable bonds is 18. The van der Waals surface area contributed by atoms with Gasteiger partial charge in [0, 0.05) is 6.54 Å². The zero-order valence-corrected chi connectivity index (χ0v) is 17.5. The van der Waals surface area contributed by atoms with Crippen molar-refractivity contribution in [1.82, 2.24) is 5.32 Å². The third-order valence-corrected chi connectivity index (χ3v) is 5.27. The molecule has 0 aromatic carbocycles. The number of allylic oxidation sites excluding steroid dienone is 1. The van der Waals surface area contributed by atoms with Gasteiger partial charge in [-0.15, -0.1) is 0 Å². The van der Waals surface area contributed by atoms with Crippen LogP contribution in [0.15, 0.2) is 11.6 Å². The molecule has 0 aliphatic rings. The molecule has 0 aliphatic heterocycles. The first kappa shape index (κ1) is 23.7. The minimum absolute atomic E-state index is 0.937. The van der Waals surface area contributed by atoms with Crippen molar-refractivity contribution in [1.29, 1.82) is 0 Å². The minimum Gasteiger partial charge on any atom is -0.313 e. The van der Waals surface area contributed by atoms with Gasteiger partial charge in [-0.25, -0.2) is 0 Å². The Balaban J connectivity index is 3.18. The SMILES string of the molecule is CCCCC/C(C)=C\CNCCCCCCCCCCC(C)CC. The Kier molecular flexibility index (Phi) is 18.8. The second-order valence-electron chi connectivity index (χ2n) is 7.84. The summed E-state index contributed by atoms with van der Waals surface area (Å²) in [6.45, 7) is 11.5. The summed E-state index contributed by atoms with van der Waals surface area (Å²) in [4.78, 5) is 0. The van der Waals surface area contributed by atoms with Gasteiger partial charge in [0.05, 0.1) is 0 Å². The van der Waals surface area contributed by atoms with Crippen LogP contribution in [-0.2, 0) is 0 Å². The third-order valence-electron chi connectivity index (χ3n) is 5.27. The minimum atomic E-state index is 0.937. The van der Waals surface area contributed by atoms with Crippen molar-refractivity contribution in [2.45, 2.75) is 118 Å². The van der Waals surface area contributed by atoms with Crippen molar-refractivity contribution in [3.8, 4) is 0 Å². The van der Waals surface area contributed by atoms with Crippen LogP contribution in [0.2, 0.25) is 0 Å². The van der Waals surface area contributed by atoms with E-state index in [1.807, 2.05) is 0 Å². The van der Waals surface area contributed by atoms with Crippen LogP contribution in [0, 0.1) is 5.92 Å². The summed E-state index contributed by atoms with van der Waals surface area (Å²) in [7, 11) is 0. The average molecular weight is 338 g/mol. The van der Waals surface area contributed by atoms with E-state index < -0.39 is 0 Å². The predicted molar refractivity (Wildman–Crippen MR) is 112 cm³/mol. The lowest BCUT2D eigenvalue weighted by atomic mass is 10.00. The summed E-state index contributed by atoms with van der Waals surface area (Å²) in [6.07, 6.45) is 21.9. The van der Waals surface area contributed by atoms with E-state index in [0.717, 1.165) is 12.5 Å². The molecular formula is C23H47N. The van der Waals surface area contributed by atoms with Crippen molar-refractivity contribution >= 4 is 0 Å². The van der Waals surface area contributed by atoms with Gasteiger partial charge in [0.2, 0.25) is 0 Å². The molecule has 0 saturated carbocycles. The highest BCUT2D eigenvalue weighted by molar-refractivity contribution is 4.98. The maximum Gasteiger partial charge on any atom is 0.0137 e. The van der Waals surface area contributed by atoms with Gasteiger partial charge >= 0.3 is 0 Å². The topological polar surface area (TPSA) is 12.0 Å².